The summed E-state index contributed by atoms with van der Waals surface area (Å²) in [6.45, 7) is 5.33. The summed E-state index contributed by atoms with van der Waals surface area (Å²) >= 11 is 0. The number of guanidine groups is 1. The summed E-state index contributed by atoms with van der Waals surface area (Å²) in [5, 5.41) is 6.39. The summed E-state index contributed by atoms with van der Waals surface area (Å²) in [7, 11) is 0. The van der Waals surface area contributed by atoms with E-state index in [0.717, 1.165) is 23.4 Å². The Labute approximate surface area is 158 Å². The van der Waals surface area contributed by atoms with Gasteiger partial charge >= 0.3 is 0 Å². The molecule has 1 aromatic heterocycles. The highest BCUT2D eigenvalue weighted by Gasteiger charge is 2.07. The minimum Gasteiger partial charge on any atom is -0.444 e. The molecule has 1 heterocycles. The highest BCUT2D eigenvalue weighted by Crippen LogP contribution is 2.17. The Morgan fingerprint density at radius 2 is 1.96 bits per heavy atom. The van der Waals surface area contributed by atoms with E-state index < -0.39 is 0 Å². The van der Waals surface area contributed by atoms with E-state index in [-0.39, 0.29) is 5.82 Å². The molecular weight excluding hydrogens is 343 g/mol. The SMILES string of the molecule is CCNC(=NCc1ccc(C)c(F)c1)NCc1coc(-c2ccccc2)n1. The second-order valence-electron chi connectivity index (χ2n) is 6.14. The summed E-state index contributed by atoms with van der Waals surface area (Å²) in [6, 6.07) is 14.9. The van der Waals surface area contributed by atoms with Gasteiger partial charge in [-0.1, -0.05) is 30.3 Å². The van der Waals surface area contributed by atoms with E-state index >= 15 is 0 Å². The third-order valence-electron chi connectivity index (χ3n) is 4.01. The predicted molar refractivity (Wildman–Crippen MR) is 105 cm³/mol. The lowest BCUT2D eigenvalue weighted by atomic mass is 10.1. The first-order chi connectivity index (χ1) is 13.2. The van der Waals surface area contributed by atoms with Crippen molar-refractivity contribution in [2.75, 3.05) is 6.54 Å². The zero-order valence-corrected chi connectivity index (χ0v) is 15.5. The van der Waals surface area contributed by atoms with Crippen LogP contribution >= 0.6 is 0 Å². The molecule has 0 atom stereocenters. The van der Waals surface area contributed by atoms with Gasteiger partial charge in [0, 0.05) is 12.1 Å². The van der Waals surface area contributed by atoms with Gasteiger partial charge in [0.25, 0.3) is 0 Å². The lowest BCUT2D eigenvalue weighted by Crippen LogP contribution is -2.36. The third-order valence-corrected chi connectivity index (χ3v) is 4.01. The fourth-order valence-electron chi connectivity index (χ4n) is 2.52. The fraction of sp³-hybridized carbons (Fsp3) is 0.238. The summed E-state index contributed by atoms with van der Waals surface area (Å²) in [5.41, 5.74) is 3.17. The number of nitrogens with zero attached hydrogens (tertiary/aromatic N) is 2. The molecule has 5 nitrogen and oxygen atoms in total. The van der Waals surface area contributed by atoms with E-state index in [1.807, 2.05) is 43.3 Å². The van der Waals surface area contributed by atoms with Crippen LogP contribution in [-0.4, -0.2) is 17.5 Å². The maximum atomic E-state index is 13.7. The number of aryl methyl sites for hydroxylation is 1. The number of benzene rings is 2. The second-order valence-corrected chi connectivity index (χ2v) is 6.14. The molecule has 2 N–H and O–H groups in total. The van der Waals surface area contributed by atoms with E-state index in [1.54, 1.807) is 19.3 Å². The van der Waals surface area contributed by atoms with Crippen LogP contribution in [0.3, 0.4) is 0 Å². The average Bonchev–Trinajstić information content (AvgIpc) is 3.16. The Bertz CT molecular complexity index is 906. The molecule has 6 heteroatoms. The van der Waals surface area contributed by atoms with Gasteiger partial charge in [0.15, 0.2) is 5.96 Å². The van der Waals surface area contributed by atoms with Crippen molar-refractivity contribution < 1.29 is 8.81 Å². The van der Waals surface area contributed by atoms with Crippen LogP contribution in [0, 0.1) is 12.7 Å². The van der Waals surface area contributed by atoms with E-state index in [0.29, 0.717) is 30.5 Å². The molecule has 0 unspecified atom stereocenters. The molecule has 3 aromatic rings. The van der Waals surface area contributed by atoms with Gasteiger partial charge in [-0.2, -0.15) is 0 Å². The van der Waals surface area contributed by atoms with Crippen molar-refractivity contribution in [1.29, 1.82) is 0 Å². The number of aromatic nitrogens is 1. The van der Waals surface area contributed by atoms with Crippen molar-refractivity contribution >= 4 is 5.96 Å². The molecule has 0 aliphatic rings. The predicted octanol–water partition coefficient (Wildman–Crippen LogP) is 4.04. The van der Waals surface area contributed by atoms with E-state index in [9.17, 15) is 4.39 Å². The molecule has 0 saturated heterocycles. The molecule has 0 aliphatic heterocycles. The molecule has 0 fully saturated rings. The lowest BCUT2D eigenvalue weighted by Gasteiger charge is -2.10. The van der Waals surface area contributed by atoms with Crippen LogP contribution in [0.4, 0.5) is 4.39 Å². The highest BCUT2D eigenvalue weighted by molar-refractivity contribution is 5.79. The minimum absolute atomic E-state index is 0.211. The standard InChI is InChI=1S/C21H23FN4O/c1-3-23-21(24-12-16-10-9-15(2)19(22)11-16)25-13-18-14-27-20(26-18)17-7-5-4-6-8-17/h4-11,14H,3,12-13H2,1-2H3,(H2,23,24,25). The monoisotopic (exact) mass is 366 g/mol. The maximum absolute atomic E-state index is 13.7. The number of aliphatic imine (C=N–C) groups is 1. The quantitative estimate of drug-likeness (QED) is 0.510. The van der Waals surface area contributed by atoms with Crippen LogP contribution in [-0.2, 0) is 13.1 Å². The Morgan fingerprint density at radius 1 is 1.15 bits per heavy atom. The summed E-state index contributed by atoms with van der Waals surface area (Å²) in [5.74, 6) is 1.02. The average molecular weight is 366 g/mol. The number of nitrogens with one attached hydrogen (secondary N) is 2. The number of hydrogen-bond acceptors (Lipinski definition) is 3. The van der Waals surface area contributed by atoms with E-state index in [1.165, 1.54) is 6.07 Å². The van der Waals surface area contributed by atoms with E-state index in [2.05, 4.69) is 20.6 Å². The minimum atomic E-state index is -0.211. The Balaban J connectivity index is 1.62. The van der Waals surface area contributed by atoms with Crippen molar-refractivity contribution in [3.05, 3.63) is 77.4 Å². The molecule has 0 spiro atoms. The van der Waals surface area contributed by atoms with E-state index in [4.69, 9.17) is 4.42 Å². The van der Waals surface area contributed by atoms with Crippen molar-refractivity contribution in [3.8, 4) is 11.5 Å². The topological polar surface area (TPSA) is 62.5 Å². The van der Waals surface area contributed by atoms with Gasteiger partial charge in [-0.3, -0.25) is 0 Å². The third kappa shape index (κ3) is 5.17. The molecule has 3 rings (SSSR count). The molecule has 0 radical (unpaired) electrons. The summed E-state index contributed by atoms with van der Waals surface area (Å²) in [4.78, 5) is 8.99. The van der Waals surface area contributed by atoms with Crippen LogP contribution < -0.4 is 10.6 Å². The van der Waals surface area contributed by atoms with Crippen LogP contribution in [0.15, 0.2) is 64.2 Å². The highest BCUT2D eigenvalue weighted by atomic mass is 19.1. The molecule has 0 aliphatic carbocycles. The van der Waals surface area contributed by atoms with Gasteiger partial charge in [0.1, 0.15) is 12.1 Å². The zero-order chi connectivity index (χ0) is 19.1. The van der Waals surface area contributed by atoms with Gasteiger partial charge in [-0.25, -0.2) is 14.4 Å². The molecule has 2 aromatic carbocycles. The number of oxazole rings is 1. The van der Waals surface area contributed by atoms with Crippen molar-refractivity contribution in [2.45, 2.75) is 26.9 Å². The zero-order valence-electron chi connectivity index (χ0n) is 15.5. The van der Waals surface area contributed by atoms with Crippen molar-refractivity contribution in [3.63, 3.8) is 0 Å². The maximum Gasteiger partial charge on any atom is 0.226 e. The normalized spacial score (nSPS) is 11.4. The molecular formula is C21H23FN4O. The number of halogens is 1. The molecule has 140 valence electrons. The summed E-state index contributed by atoms with van der Waals surface area (Å²) < 4.78 is 19.2. The number of rotatable bonds is 6. The van der Waals surface area contributed by atoms with Gasteiger partial charge in [-0.05, 0) is 43.2 Å². The van der Waals surface area contributed by atoms with Gasteiger partial charge in [0.05, 0.1) is 18.8 Å². The number of hydrogen-bond donors (Lipinski definition) is 2. The van der Waals surface area contributed by atoms with Gasteiger partial charge in [-0.15, -0.1) is 0 Å². The van der Waals surface area contributed by atoms with Crippen LogP contribution in [0.25, 0.3) is 11.5 Å². The van der Waals surface area contributed by atoms with Gasteiger partial charge < -0.3 is 15.1 Å². The van der Waals surface area contributed by atoms with Crippen molar-refractivity contribution in [1.82, 2.24) is 15.6 Å². The molecule has 0 bridgehead atoms. The van der Waals surface area contributed by atoms with Crippen molar-refractivity contribution in [2.24, 2.45) is 4.99 Å². The largest absolute Gasteiger partial charge is 0.444 e. The molecule has 0 saturated carbocycles. The molecule has 27 heavy (non-hydrogen) atoms. The second kappa shape index (κ2) is 8.98. The first kappa shape index (κ1) is 18.6. The lowest BCUT2D eigenvalue weighted by molar-refractivity contribution is 0.572. The molecule has 0 amide bonds. The first-order valence-corrected chi connectivity index (χ1v) is 8.92. The summed E-state index contributed by atoms with van der Waals surface area (Å²) in [6.07, 6.45) is 1.63. The van der Waals surface area contributed by atoms with Crippen LogP contribution in [0.2, 0.25) is 0 Å². The Kier molecular flexibility index (Phi) is 6.20. The first-order valence-electron chi connectivity index (χ1n) is 8.92. The Hall–Kier alpha value is -3.15. The van der Waals surface area contributed by atoms with Gasteiger partial charge in [0.2, 0.25) is 5.89 Å². The smallest absolute Gasteiger partial charge is 0.226 e. The van der Waals surface area contributed by atoms with Crippen LogP contribution in [0.1, 0.15) is 23.7 Å². The van der Waals surface area contributed by atoms with Crippen LogP contribution in [0.5, 0.6) is 0 Å². The fourth-order valence-corrected chi connectivity index (χ4v) is 2.52. The Morgan fingerprint density at radius 3 is 2.70 bits per heavy atom.